The number of carbonyl (C=O) groups is 1. The number of rotatable bonds is 5. The van der Waals surface area contributed by atoms with Gasteiger partial charge in [0, 0.05) is 6.42 Å². The molecule has 0 aliphatic rings. The third kappa shape index (κ3) is 5.02. The van der Waals surface area contributed by atoms with Crippen molar-refractivity contribution < 1.29 is 9.28 Å². The van der Waals surface area contributed by atoms with Crippen LogP contribution in [0.4, 0.5) is 0 Å². The molecule has 0 rings (SSSR count). The lowest BCUT2D eigenvalue weighted by molar-refractivity contribution is -0.899. The van der Waals surface area contributed by atoms with E-state index in [4.69, 9.17) is 0 Å². The Bertz CT molecular complexity index is 204. The molecule has 0 aromatic carbocycles. The molecule has 0 aromatic heterocycles. The molecule has 0 aliphatic carbocycles. The predicted octanol–water partition coefficient (Wildman–Crippen LogP) is 1.37. The molecular formula is C11H23N2O+. The average Bonchev–Trinajstić information content (AvgIpc) is 2.00. The van der Waals surface area contributed by atoms with E-state index in [1.54, 1.807) is 0 Å². The van der Waals surface area contributed by atoms with Crippen LogP contribution in [0.2, 0.25) is 0 Å². The molecular weight excluding hydrogens is 176 g/mol. The summed E-state index contributed by atoms with van der Waals surface area (Å²) in [7, 11) is 6.24. The fraction of sp³-hybridized carbons (Fsp3) is 0.727. The first-order chi connectivity index (χ1) is 6.27. The van der Waals surface area contributed by atoms with Crippen molar-refractivity contribution in [2.45, 2.75) is 26.4 Å². The van der Waals surface area contributed by atoms with Crippen LogP contribution in [-0.4, -0.2) is 37.7 Å². The van der Waals surface area contributed by atoms with Crippen molar-refractivity contribution in [3.63, 3.8) is 0 Å². The number of nitrogens with zero attached hydrogens (tertiary/aromatic N) is 1. The van der Waals surface area contributed by atoms with Gasteiger partial charge in [-0.25, -0.2) is 0 Å². The van der Waals surface area contributed by atoms with Crippen molar-refractivity contribution in [3.05, 3.63) is 12.7 Å². The Hall–Kier alpha value is -0.830. The second kappa shape index (κ2) is 5.15. The molecule has 1 unspecified atom stereocenters. The van der Waals surface area contributed by atoms with Gasteiger partial charge in [0.15, 0.2) is 6.17 Å². The van der Waals surface area contributed by atoms with Crippen molar-refractivity contribution in [2.24, 2.45) is 5.92 Å². The van der Waals surface area contributed by atoms with E-state index in [9.17, 15) is 4.79 Å². The molecule has 0 spiro atoms. The average molecular weight is 199 g/mol. The third-order valence-corrected chi connectivity index (χ3v) is 2.12. The summed E-state index contributed by atoms with van der Waals surface area (Å²) < 4.78 is 0.734. The highest BCUT2D eigenvalue weighted by atomic mass is 16.1. The van der Waals surface area contributed by atoms with E-state index in [0.29, 0.717) is 5.92 Å². The highest BCUT2D eigenvalue weighted by molar-refractivity contribution is 5.86. The molecule has 0 fully saturated rings. The first kappa shape index (κ1) is 13.2. The fourth-order valence-corrected chi connectivity index (χ4v) is 1.24. The third-order valence-electron chi connectivity index (χ3n) is 2.12. The van der Waals surface area contributed by atoms with Crippen LogP contribution < -0.4 is 5.32 Å². The van der Waals surface area contributed by atoms with Crippen LogP contribution in [-0.2, 0) is 4.79 Å². The molecule has 0 saturated heterocycles. The topological polar surface area (TPSA) is 29.1 Å². The minimum absolute atomic E-state index is 0.0938. The Morgan fingerprint density at radius 2 is 1.93 bits per heavy atom. The standard InChI is InChI=1S/C11H22N2O/c1-7-11(14)12-10(8-9(2)3)13(4,5)6/h7,9-10H,1,8H2,2-6H3/p+1. The molecule has 14 heavy (non-hydrogen) atoms. The van der Waals surface area contributed by atoms with E-state index in [0.717, 1.165) is 10.9 Å². The lowest BCUT2D eigenvalue weighted by Crippen LogP contribution is -2.55. The van der Waals surface area contributed by atoms with E-state index < -0.39 is 0 Å². The molecule has 82 valence electrons. The highest BCUT2D eigenvalue weighted by Gasteiger charge is 2.25. The Morgan fingerprint density at radius 1 is 1.43 bits per heavy atom. The molecule has 3 nitrogen and oxygen atoms in total. The molecule has 0 heterocycles. The number of hydrogen-bond donors (Lipinski definition) is 1. The van der Waals surface area contributed by atoms with E-state index in [-0.39, 0.29) is 12.1 Å². The monoisotopic (exact) mass is 199 g/mol. The fourth-order valence-electron chi connectivity index (χ4n) is 1.24. The van der Waals surface area contributed by atoms with Crippen LogP contribution in [0.1, 0.15) is 20.3 Å². The summed E-state index contributed by atoms with van der Waals surface area (Å²) in [6.07, 6.45) is 2.45. The second-order valence-corrected chi connectivity index (χ2v) is 4.97. The van der Waals surface area contributed by atoms with Gasteiger partial charge in [-0.3, -0.25) is 4.79 Å². The Labute approximate surface area is 87.4 Å². The number of quaternary nitrogens is 1. The quantitative estimate of drug-likeness (QED) is 0.404. The smallest absolute Gasteiger partial charge is 0.247 e. The maximum Gasteiger partial charge on any atom is 0.247 e. The van der Waals surface area contributed by atoms with Gasteiger partial charge in [0.2, 0.25) is 5.91 Å². The molecule has 1 N–H and O–H groups in total. The molecule has 0 bridgehead atoms. The Morgan fingerprint density at radius 3 is 2.21 bits per heavy atom. The number of carbonyl (C=O) groups excluding carboxylic acids is 1. The zero-order valence-electron chi connectivity index (χ0n) is 10.0. The second-order valence-electron chi connectivity index (χ2n) is 4.97. The van der Waals surface area contributed by atoms with Crippen LogP contribution in [0.3, 0.4) is 0 Å². The Kier molecular flexibility index (Phi) is 4.85. The van der Waals surface area contributed by atoms with Crippen LogP contribution >= 0.6 is 0 Å². The lowest BCUT2D eigenvalue weighted by Gasteiger charge is -2.35. The summed E-state index contributed by atoms with van der Waals surface area (Å²) >= 11 is 0. The number of nitrogens with one attached hydrogen (secondary N) is 1. The predicted molar refractivity (Wildman–Crippen MR) is 59.6 cm³/mol. The van der Waals surface area contributed by atoms with Gasteiger partial charge < -0.3 is 9.80 Å². The largest absolute Gasteiger partial charge is 0.311 e. The molecule has 3 heteroatoms. The molecule has 0 aromatic rings. The summed E-state index contributed by atoms with van der Waals surface area (Å²) in [6, 6.07) is 0. The van der Waals surface area contributed by atoms with E-state index in [2.05, 4.69) is 46.9 Å². The first-order valence-electron chi connectivity index (χ1n) is 5.01. The van der Waals surface area contributed by atoms with Gasteiger partial charge in [0.25, 0.3) is 0 Å². The van der Waals surface area contributed by atoms with Gasteiger partial charge in [-0.1, -0.05) is 20.4 Å². The maximum absolute atomic E-state index is 11.2. The van der Waals surface area contributed by atoms with Crippen LogP contribution in [0.25, 0.3) is 0 Å². The van der Waals surface area contributed by atoms with Crippen molar-refractivity contribution >= 4 is 5.91 Å². The lowest BCUT2D eigenvalue weighted by atomic mass is 10.1. The molecule has 1 atom stereocenters. The van der Waals surface area contributed by atoms with Crippen molar-refractivity contribution in [1.29, 1.82) is 0 Å². The minimum atomic E-state index is -0.0938. The van der Waals surface area contributed by atoms with Crippen LogP contribution in [0, 0.1) is 5.92 Å². The van der Waals surface area contributed by atoms with Gasteiger partial charge in [0.05, 0.1) is 21.1 Å². The highest BCUT2D eigenvalue weighted by Crippen LogP contribution is 2.11. The molecule has 1 amide bonds. The summed E-state index contributed by atoms with van der Waals surface area (Å²) in [5.74, 6) is 0.478. The van der Waals surface area contributed by atoms with Gasteiger partial charge in [-0.15, -0.1) is 0 Å². The van der Waals surface area contributed by atoms with Gasteiger partial charge >= 0.3 is 0 Å². The van der Waals surface area contributed by atoms with Crippen molar-refractivity contribution in [1.82, 2.24) is 5.32 Å². The van der Waals surface area contributed by atoms with Crippen LogP contribution in [0.15, 0.2) is 12.7 Å². The van der Waals surface area contributed by atoms with Crippen molar-refractivity contribution in [3.8, 4) is 0 Å². The summed E-state index contributed by atoms with van der Waals surface area (Å²) in [5.41, 5.74) is 0. The first-order valence-corrected chi connectivity index (χ1v) is 5.01. The molecule has 0 aliphatic heterocycles. The SMILES string of the molecule is C=CC(=O)NC(CC(C)C)[N+](C)(C)C. The summed E-state index contributed by atoms with van der Waals surface area (Å²) in [5, 5.41) is 2.95. The van der Waals surface area contributed by atoms with Crippen molar-refractivity contribution in [2.75, 3.05) is 21.1 Å². The van der Waals surface area contributed by atoms with Gasteiger partial charge in [-0.05, 0) is 12.0 Å². The Balaban J connectivity index is 4.40. The van der Waals surface area contributed by atoms with E-state index >= 15 is 0 Å². The summed E-state index contributed by atoms with van der Waals surface area (Å²) in [6.45, 7) is 7.77. The number of hydrogen-bond acceptors (Lipinski definition) is 1. The van der Waals surface area contributed by atoms with E-state index in [1.807, 2.05) is 0 Å². The van der Waals surface area contributed by atoms with Crippen LogP contribution in [0.5, 0.6) is 0 Å². The zero-order chi connectivity index (χ0) is 11.4. The molecule has 0 radical (unpaired) electrons. The molecule has 0 saturated carbocycles. The number of amides is 1. The maximum atomic E-state index is 11.2. The van der Waals surface area contributed by atoms with Gasteiger partial charge in [-0.2, -0.15) is 0 Å². The summed E-state index contributed by atoms with van der Waals surface area (Å²) in [4.78, 5) is 11.2. The minimum Gasteiger partial charge on any atom is -0.311 e. The normalized spacial score (nSPS) is 13.9. The van der Waals surface area contributed by atoms with Gasteiger partial charge in [0.1, 0.15) is 0 Å². The van der Waals surface area contributed by atoms with E-state index in [1.165, 1.54) is 6.08 Å². The zero-order valence-corrected chi connectivity index (χ0v) is 10.0.